The number of hydrogen-bond donors (Lipinski definition) is 1. The molecule has 2 nitrogen and oxygen atoms in total. The van der Waals surface area contributed by atoms with Crippen LogP contribution in [0.25, 0.3) is 0 Å². The van der Waals surface area contributed by atoms with E-state index in [9.17, 15) is 0 Å². The van der Waals surface area contributed by atoms with Gasteiger partial charge in [0.15, 0.2) is 0 Å². The molecule has 0 aliphatic rings. The van der Waals surface area contributed by atoms with Crippen LogP contribution in [-0.4, -0.2) is 12.6 Å². The number of unbranched alkanes of at least 4 members (excludes halogenated alkanes) is 2. The van der Waals surface area contributed by atoms with Gasteiger partial charge in [-0.2, -0.15) is 0 Å². The molecule has 0 saturated heterocycles. The second kappa shape index (κ2) is 8.15. The zero-order chi connectivity index (χ0) is 13.4. The number of nitrogens with one attached hydrogen (secondary N) is 1. The molecule has 1 N–H and O–H groups in total. The molecule has 2 heteroatoms. The Morgan fingerprint density at radius 1 is 1.22 bits per heavy atom. The lowest BCUT2D eigenvalue weighted by molar-refractivity contribution is 0.302. The third-order valence-electron chi connectivity index (χ3n) is 2.92. The molecule has 0 aliphatic heterocycles. The van der Waals surface area contributed by atoms with Crippen LogP contribution in [0.4, 0.5) is 0 Å². The van der Waals surface area contributed by atoms with Crippen molar-refractivity contribution in [3.8, 4) is 5.75 Å². The van der Waals surface area contributed by atoms with Gasteiger partial charge in [0.25, 0.3) is 0 Å². The predicted molar refractivity (Wildman–Crippen MR) is 78.2 cm³/mol. The minimum Gasteiger partial charge on any atom is -0.493 e. The van der Waals surface area contributed by atoms with Crippen LogP contribution >= 0.6 is 0 Å². The predicted octanol–water partition coefficient (Wildman–Crippen LogP) is 4.06. The fraction of sp³-hybridized carbons (Fsp3) is 0.625. The van der Waals surface area contributed by atoms with E-state index >= 15 is 0 Å². The summed E-state index contributed by atoms with van der Waals surface area (Å²) in [5.41, 5.74) is 2.55. The Hall–Kier alpha value is -1.02. The van der Waals surface area contributed by atoms with Crippen molar-refractivity contribution < 1.29 is 4.74 Å². The van der Waals surface area contributed by atoms with E-state index in [4.69, 9.17) is 4.74 Å². The van der Waals surface area contributed by atoms with Crippen LogP contribution in [0, 0.1) is 6.92 Å². The minimum atomic E-state index is 0.499. The third kappa shape index (κ3) is 5.54. The first-order valence-electron chi connectivity index (χ1n) is 7.09. The monoisotopic (exact) mass is 249 g/mol. The van der Waals surface area contributed by atoms with Crippen molar-refractivity contribution in [2.45, 2.75) is 59.5 Å². The summed E-state index contributed by atoms with van der Waals surface area (Å²) in [6.45, 7) is 10.4. The van der Waals surface area contributed by atoms with Gasteiger partial charge in [-0.3, -0.25) is 0 Å². The molecule has 0 bridgehead atoms. The summed E-state index contributed by atoms with van der Waals surface area (Å²) in [6, 6.07) is 6.93. The molecule has 102 valence electrons. The molecule has 0 unspecified atom stereocenters. The molecule has 1 aromatic carbocycles. The second-order valence-corrected chi connectivity index (χ2v) is 5.20. The zero-order valence-electron chi connectivity index (χ0n) is 12.3. The van der Waals surface area contributed by atoms with E-state index in [1.807, 2.05) is 0 Å². The highest BCUT2D eigenvalue weighted by molar-refractivity contribution is 5.36. The average Bonchev–Trinajstić information content (AvgIpc) is 2.34. The van der Waals surface area contributed by atoms with E-state index in [0.29, 0.717) is 6.04 Å². The smallest absolute Gasteiger partial charge is 0.123 e. The highest BCUT2D eigenvalue weighted by atomic mass is 16.5. The second-order valence-electron chi connectivity index (χ2n) is 5.20. The van der Waals surface area contributed by atoms with Crippen molar-refractivity contribution >= 4 is 0 Å². The highest BCUT2D eigenvalue weighted by Crippen LogP contribution is 2.20. The van der Waals surface area contributed by atoms with Gasteiger partial charge in [0.2, 0.25) is 0 Å². The Bertz CT molecular complexity index is 347. The number of rotatable bonds is 8. The van der Waals surface area contributed by atoms with Crippen LogP contribution in [0.1, 0.15) is 51.2 Å². The first-order valence-corrected chi connectivity index (χ1v) is 7.09. The lowest BCUT2D eigenvalue weighted by Crippen LogP contribution is -2.22. The van der Waals surface area contributed by atoms with Crippen LogP contribution in [-0.2, 0) is 6.54 Å². The molecule has 1 rings (SSSR count). The van der Waals surface area contributed by atoms with E-state index in [2.05, 4.69) is 51.2 Å². The summed E-state index contributed by atoms with van der Waals surface area (Å²) >= 11 is 0. The van der Waals surface area contributed by atoms with Crippen molar-refractivity contribution in [3.05, 3.63) is 29.3 Å². The van der Waals surface area contributed by atoms with Gasteiger partial charge in [-0.25, -0.2) is 0 Å². The van der Waals surface area contributed by atoms with Crippen molar-refractivity contribution in [1.82, 2.24) is 5.32 Å². The molecule has 0 radical (unpaired) electrons. The highest BCUT2D eigenvalue weighted by Gasteiger charge is 2.05. The standard InChI is InChI=1S/C16H27NO/c1-5-6-7-10-18-16-9-8-14(4)11-15(16)12-17-13(2)3/h8-9,11,13,17H,5-7,10,12H2,1-4H3. The van der Waals surface area contributed by atoms with E-state index < -0.39 is 0 Å². The molecule has 0 heterocycles. The Morgan fingerprint density at radius 3 is 2.67 bits per heavy atom. The third-order valence-corrected chi connectivity index (χ3v) is 2.92. The molecule has 0 saturated carbocycles. The normalized spacial score (nSPS) is 10.9. The molecular weight excluding hydrogens is 222 g/mol. The van der Waals surface area contributed by atoms with Crippen LogP contribution in [0.2, 0.25) is 0 Å². The fourth-order valence-electron chi connectivity index (χ4n) is 1.84. The molecule has 1 aromatic rings. The van der Waals surface area contributed by atoms with Gasteiger partial charge in [0.05, 0.1) is 6.61 Å². The topological polar surface area (TPSA) is 21.3 Å². The number of hydrogen-bond acceptors (Lipinski definition) is 2. The van der Waals surface area contributed by atoms with Crippen molar-refractivity contribution in [1.29, 1.82) is 0 Å². The van der Waals surface area contributed by atoms with Gasteiger partial charge in [-0.15, -0.1) is 0 Å². The van der Waals surface area contributed by atoms with E-state index in [1.54, 1.807) is 0 Å². The van der Waals surface area contributed by atoms with Gasteiger partial charge in [0.1, 0.15) is 5.75 Å². The van der Waals surface area contributed by atoms with Crippen LogP contribution in [0.5, 0.6) is 5.75 Å². The summed E-state index contributed by atoms with van der Waals surface area (Å²) in [5, 5.41) is 3.45. The largest absolute Gasteiger partial charge is 0.493 e. The van der Waals surface area contributed by atoms with E-state index in [1.165, 1.54) is 24.0 Å². The van der Waals surface area contributed by atoms with E-state index in [-0.39, 0.29) is 0 Å². The van der Waals surface area contributed by atoms with Crippen LogP contribution in [0.15, 0.2) is 18.2 Å². The molecule has 0 aromatic heterocycles. The van der Waals surface area contributed by atoms with Gasteiger partial charge < -0.3 is 10.1 Å². The lowest BCUT2D eigenvalue weighted by Gasteiger charge is -2.14. The molecule has 18 heavy (non-hydrogen) atoms. The van der Waals surface area contributed by atoms with Gasteiger partial charge in [-0.05, 0) is 19.4 Å². The SMILES string of the molecule is CCCCCOc1ccc(C)cc1CNC(C)C. The summed E-state index contributed by atoms with van der Waals surface area (Å²) in [6.07, 6.45) is 3.62. The maximum absolute atomic E-state index is 5.89. The quantitative estimate of drug-likeness (QED) is 0.701. The maximum atomic E-state index is 5.89. The summed E-state index contributed by atoms with van der Waals surface area (Å²) in [4.78, 5) is 0. The summed E-state index contributed by atoms with van der Waals surface area (Å²) in [7, 11) is 0. The maximum Gasteiger partial charge on any atom is 0.123 e. The van der Waals surface area contributed by atoms with Gasteiger partial charge >= 0.3 is 0 Å². The van der Waals surface area contributed by atoms with Gasteiger partial charge in [-0.1, -0.05) is 51.3 Å². The van der Waals surface area contributed by atoms with Crippen molar-refractivity contribution in [2.75, 3.05) is 6.61 Å². The van der Waals surface area contributed by atoms with Gasteiger partial charge in [0, 0.05) is 18.2 Å². The molecule has 0 spiro atoms. The average molecular weight is 249 g/mol. The molecule has 0 fully saturated rings. The molecule has 0 atom stereocenters. The fourth-order valence-corrected chi connectivity index (χ4v) is 1.84. The number of ether oxygens (including phenoxy) is 1. The van der Waals surface area contributed by atoms with E-state index in [0.717, 1.165) is 25.3 Å². The minimum absolute atomic E-state index is 0.499. The Balaban J connectivity index is 2.58. The Kier molecular flexibility index (Phi) is 6.81. The van der Waals surface area contributed by atoms with Crippen LogP contribution < -0.4 is 10.1 Å². The molecule has 0 amide bonds. The Labute approximate surface area is 112 Å². The number of benzene rings is 1. The lowest BCUT2D eigenvalue weighted by atomic mass is 10.1. The molecule has 0 aliphatic carbocycles. The summed E-state index contributed by atoms with van der Waals surface area (Å²) in [5.74, 6) is 1.03. The first kappa shape index (κ1) is 15.0. The number of aryl methyl sites for hydroxylation is 1. The van der Waals surface area contributed by atoms with Crippen LogP contribution in [0.3, 0.4) is 0 Å². The molecular formula is C16H27NO. The van der Waals surface area contributed by atoms with Crippen molar-refractivity contribution in [2.24, 2.45) is 0 Å². The van der Waals surface area contributed by atoms with Crippen molar-refractivity contribution in [3.63, 3.8) is 0 Å². The zero-order valence-corrected chi connectivity index (χ0v) is 12.3. The Morgan fingerprint density at radius 2 is 2.00 bits per heavy atom. The first-order chi connectivity index (χ1) is 8.63. The summed E-state index contributed by atoms with van der Waals surface area (Å²) < 4.78 is 5.89.